The Balaban J connectivity index is 1.47. The zero-order chi connectivity index (χ0) is 29.8. The lowest BCUT2D eigenvalue weighted by Crippen LogP contribution is -2.50. The van der Waals surface area contributed by atoms with E-state index in [1.165, 1.54) is 11.3 Å². The van der Waals surface area contributed by atoms with Gasteiger partial charge < -0.3 is 24.6 Å². The number of thiazole rings is 1. The number of rotatable bonds is 5. The van der Waals surface area contributed by atoms with Gasteiger partial charge in [-0.1, -0.05) is 6.07 Å². The van der Waals surface area contributed by atoms with Gasteiger partial charge in [-0.3, -0.25) is 15.1 Å². The zero-order valence-electron chi connectivity index (χ0n) is 24.2. The smallest absolute Gasteiger partial charge is 0.412 e. The Morgan fingerprint density at radius 2 is 1.49 bits per heavy atom. The van der Waals surface area contributed by atoms with E-state index >= 15 is 0 Å². The van der Waals surface area contributed by atoms with Crippen molar-refractivity contribution in [3.05, 3.63) is 53.1 Å². The molecule has 0 aliphatic carbocycles. The van der Waals surface area contributed by atoms with Crippen LogP contribution in [-0.2, 0) is 9.47 Å². The number of amides is 3. The summed E-state index contributed by atoms with van der Waals surface area (Å²) in [5.74, 6) is 0.259. The summed E-state index contributed by atoms with van der Waals surface area (Å²) in [7, 11) is 0. The molecule has 1 aromatic carbocycles. The highest BCUT2D eigenvalue weighted by Crippen LogP contribution is 2.31. The molecule has 3 heterocycles. The normalized spacial score (nSPS) is 13.9. The van der Waals surface area contributed by atoms with Crippen LogP contribution in [0.5, 0.6) is 0 Å². The van der Waals surface area contributed by atoms with E-state index < -0.39 is 23.2 Å². The molecular weight excluding hydrogens is 544 g/mol. The van der Waals surface area contributed by atoms with E-state index in [1.54, 1.807) is 50.2 Å². The first-order chi connectivity index (χ1) is 19.3. The number of aromatic nitrogens is 2. The minimum atomic E-state index is -0.680. The number of hydrogen-bond donors (Lipinski definition) is 2. The fourth-order valence-corrected chi connectivity index (χ4v) is 4.75. The van der Waals surface area contributed by atoms with Crippen LogP contribution in [0, 0.1) is 0 Å². The topological polar surface area (TPSA) is 126 Å². The molecule has 1 aliphatic rings. The van der Waals surface area contributed by atoms with Crippen LogP contribution in [0.4, 0.5) is 26.8 Å². The van der Waals surface area contributed by atoms with Crippen LogP contribution in [0.3, 0.4) is 0 Å². The maximum atomic E-state index is 13.3. The molecule has 1 aliphatic heterocycles. The van der Waals surface area contributed by atoms with Crippen molar-refractivity contribution in [2.24, 2.45) is 0 Å². The summed E-state index contributed by atoms with van der Waals surface area (Å²) in [5, 5.41) is 7.73. The van der Waals surface area contributed by atoms with Crippen LogP contribution in [0.25, 0.3) is 11.1 Å². The molecule has 1 fully saturated rings. The van der Waals surface area contributed by atoms with Crippen LogP contribution in [0.2, 0.25) is 0 Å². The van der Waals surface area contributed by atoms with Crippen LogP contribution in [-0.4, -0.2) is 70.3 Å². The van der Waals surface area contributed by atoms with E-state index in [4.69, 9.17) is 9.47 Å². The number of ether oxygens (including phenoxy) is 2. The molecule has 0 spiro atoms. The van der Waals surface area contributed by atoms with Crippen molar-refractivity contribution in [1.82, 2.24) is 14.9 Å². The van der Waals surface area contributed by atoms with Crippen molar-refractivity contribution in [3.63, 3.8) is 0 Å². The maximum absolute atomic E-state index is 13.3. The quantitative estimate of drug-likeness (QED) is 0.384. The van der Waals surface area contributed by atoms with Gasteiger partial charge in [0, 0.05) is 44.0 Å². The third-order valence-corrected chi connectivity index (χ3v) is 6.69. The second-order valence-corrected chi connectivity index (χ2v) is 12.4. The van der Waals surface area contributed by atoms with Gasteiger partial charge in [-0.25, -0.2) is 14.6 Å². The first-order valence-corrected chi connectivity index (χ1v) is 14.2. The molecule has 3 amide bonds. The lowest BCUT2D eigenvalue weighted by Gasteiger charge is -2.35. The molecule has 0 radical (unpaired) electrons. The summed E-state index contributed by atoms with van der Waals surface area (Å²) in [4.78, 5) is 50.5. The number of piperazine rings is 1. The van der Waals surface area contributed by atoms with Crippen molar-refractivity contribution in [1.29, 1.82) is 0 Å². The Kier molecular flexibility index (Phi) is 8.81. The number of carbonyl (C=O) groups excluding carboxylic acids is 3. The average Bonchev–Trinajstić information content (AvgIpc) is 3.39. The number of anilines is 3. The predicted octanol–water partition coefficient (Wildman–Crippen LogP) is 5.86. The summed E-state index contributed by atoms with van der Waals surface area (Å²) in [6.45, 7) is 13.0. The minimum absolute atomic E-state index is 0.270. The van der Waals surface area contributed by atoms with Crippen molar-refractivity contribution >= 4 is 46.6 Å². The van der Waals surface area contributed by atoms with E-state index in [-0.39, 0.29) is 11.1 Å². The second kappa shape index (κ2) is 12.1. The number of pyridine rings is 1. The number of nitrogens with zero attached hydrogens (tertiary/aromatic N) is 4. The fraction of sp³-hybridized carbons (Fsp3) is 0.414. The number of hydrogen-bond acceptors (Lipinski definition) is 9. The molecule has 11 nitrogen and oxygen atoms in total. The standard InChI is InChI=1S/C29H36N6O5S/c1-28(2,3)39-26(37)32-21-8-7-20(19-9-11-30-12-10-19)17-22(21)31-24(36)25-33-23(18-41-25)34-13-15-35(16-14-34)27(38)40-29(4,5)6/h7-12,17-18H,13-16H2,1-6H3,(H,31,36)(H,32,37). The fourth-order valence-electron chi connectivity index (χ4n) is 4.03. The average molecular weight is 581 g/mol. The Labute approximate surface area is 243 Å². The van der Waals surface area contributed by atoms with Crippen LogP contribution in [0.15, 0.2) is 48.1 Å². The minimum Gasteiger partial charge on any atom is -0.444 e. The number of benzene rings is 1. The van der Waals surface area contributed by atoms with Crippen molar-refractivity contribution < 1.29 is 23.9 Å². The molecule has 218 valence electrons. The summed E-state index contributed by atoms with van der Waals surface area (Å²) in [5.41, 5.74) is 1.30. The summed E-state index contributed by atoms with van der Waals surface area (Å²) >= 11 is 1.22. The molecular formula is C29H36N6O5S. The molecule has 2 aromatic heterocycles. The van der Waals surface area contributed by atoms with Crippen molar-refractivity contribution in [3.8, 4) is 11.1 Å². The van der Waals surface area contributed by atoms with Gasteiger partial charge in [0.2, 0.25) is 0 Å². The highest BCUT2D eigenvalue weighted by molar-refractivity contribution is 7.12. The lowest BCUT2D eigenvalue weighted by molar-refractivity contribution is 0.0240. The van der Waals surface area contributed by atoms with E-state index in [9.17, 15) is 14.4 Å². The van der Waals surface area contributed by atoms with Crippen molar-refractivity contribution in [2.45, 2.75) is 52.7 Å². The molecule has 0 atom stereocenters. The predicted molar refractivity (Wildman–Crippen MR) is 160 cm³/mol. The van der Waals surface area contributed by atoms with Gasteiger partial charge in [-0.2, -0.15) is 0 Å². The van der Waals surface area contributed by atoms with Gasteiger partial charge >= 0.3 is 12.2 Å². The molecule has 12 heteroatoms. The summed E-state index contributed by atoms with van der Waals surface area (Å²) < 4.78 is 10.9. The van der Waals surface area contributed by atoms with Gasteiger partial charge in [-0.05, 0) is 76.9 Å². The van der Waals surface area contributed by atoms with Gasteiger partial charge in [0.25, 0.3) is 5.91 Å². The molecule has 3 aromatic rings. The SMILES string of the molecule is CC(C)(C)OC(=O)Nc1ccc(-c2ccncc2)cc1NC(=O)c1nc(N2CCN(C(=O)OC(C)(C)C)CC2)cs1. The Morgan fingerprint density at radius 3 is 2.12 bits per heavy atom. The van der Waals surface area contributed by atoms with Gasteiger partial charge in [0.05, 0.1) is 11.4 Å². The van der Waals surface area contributed by atoms with E-state index in [1.807, 2.05) is 49.3 Å². The molecule has 41 heavy (non-hydrogen) atoms. The van der Waals surface area contributed by atoms with E-state index in [0.29, 0.717) is 43.4 Å². The summed E-state index contributed by atoms with van der Waals surface area (Å²) in [6.07, 6.45) is 2.41. The first kappa shape index (κ1) is 29.8. The summed E-state index contributed by atoms with van der Waals surface area (Å²) in [6, 6.07) is 9.06. The van der Waals surface area contributed by atoms with Crippen LogP contribution in [0.1, 0.15) is 51.3 Å². The Hall–Kier alpha value is -4.19. The lowest BCUT2D eigenvalue weighted by atomic mass is 10.1. The Bertz CT molecular complexity index is 1390. The third kappa shape index (κ3) is 8.40. The molecule has 4 rings (SSSR count). The van der Waals surface area contributed by atoms with Crippen LogP contribution < -0.4 is 15.5 Å². The Morgan fingerprint density at radius 1 is 0.829 bits per heavy atom. The second-order valence-electron chi connectivity index (χ2n) is 11.5. The highest BCUT2D eigenvalue weighted by atomic mass is 32.1. The van der Waals surface area contributed by atoms with E-state index in [2.05, 4.69) is 20.6 Å². The molecule has 1 saturated heterocycles. The van der Waals surface area contributed by atoms with Gasteiger partial charge in [-0.15, -0.1) is 11.3 Å². The first-order valence-electron chi connectivity index (χ1n) is 13.3. The van der Waals surface area contributed by atoms with Crippen molar-refractivity contribution in [2.75, 3.05) is 41.7 Å². The molecule has 0 unspecified atom stereocenters. The van der Waals surface area contributed by atoms with Gasteiger partial charge in [0.1, 0.15) is 17.0 Å². The maximum Gasteiger partial charge on any atom is 0.412 e. The third-order valence-electron chi connectivity index (χ3n) is 5.86. The number of nitrogens with one attached hydrogen (secondary N) is 2. The van der Waals surface area contributed by atoms with Crippen LogP contribution >= 0.6 is 11.3 Å². The van der Waals surface area contributed by atoms with E-state index in [0.717, 1.165) is 11.1 Å². The highest BCUT2D eigenvalue weighted by Gasteiger charge is 2.27. The molecule has 0 saturated carbocycles. The largest absolute Gasteiger partial charge is 0.444 e. The molecule has 0 bridgehead atoms. The zero-order valence-corrected chi connectivity index (χ0v) is 25.0. The van der Waals surface area contributed by atoms with Gasteiger partial charge in [0.15, 0.2) is 5.01 Å². The number of carbonyl (C=O) groups is 3. The monoisotopic (exact) mass is 580 g/mol. The molecule has 2 N–H and O–H groups in total.